The van der Waals surface area contributed by atoms with Crippen molar-refractivity contribution in [3.8, 4) is 5.75 Å². The second kappa shape index (κ2) is 8.34. The Morgan fingerprint density at radius 1 is 1.04 bits per heavy atom. The lowest BCUT2D eigenvalue weighted by Gasteiger charge is -2.09. The maximum atomic E-state index is 12.5. The summed E-state index contributed by atoms with van der Waals surface area (Å²) in [6.07, 6.45) is 0. The van der Waals surface area contributed by atoms with Crippen molar-refractivity contribution < 1.29 is 14.3 Å². The van der Waals surface area contributed by atoms with Gasteiger partial charge in [0.15, 0.2) is 5.69 Å². The Bertz CT molecular complexity index is 995. The smallest absolute Gasteiger partial charge is 0.278 e. The molecule has 1 heterocycles. The van der Waals surface area contributed by atoms with E-state index in [0.717, 1.165) is 11.3 Å². The molecule has 0 aliphatic rings. The summed E-state index contributed by atoms with van der Waals surface area (Å²) in [4.78, 5) is 24.8. The highest BCUT2D eigenvalue weighted by Crippen LogP contribution is 2.17. The number of nitrogens with zero attached hydrogens (tertiary/aromatic N) is 3. The van der Waals surface area contributed by atoms with Crippen LogP contribution in [0.5, 0.6) is 5.75 Å². The highest BCUT2D eigenvalue weighted by Gasteiger charge is 2.18. The quantitative estimate of drug-likeness (QED) is 0.686. The van der Waals surface area contributed by atoms with Crippen LogP contribution in [0.25, 0.3) is 0 Å². The van der Waals surface area contributed by atoms with E-state index in [1.807, 2.05) is 31.2 Å². The zero-order valence-corrected chi connectivity index (χ0v) is 15.9. The number of rotatable bonds is 6. The fourth-order valence-corrected chi connectivity index (χ4v) is 2.62. The van der Waals surface area contributed by atoms with E-state index < -0.39 is 5.91 Å². The third kappa shape index (κ3) is 4.35. The van der Waals surface area contributed by atoms with Gasteiger partial charge in [-0.1, -0.05) is 23.4 Å². The Balaban J connectivity index is 1.66. The normalized spacial score (nSPS) is 10.4. The average molecular weight is 379 g/mol. The van der Waals surface area contributed by atoms with Gasteiger partial charge in [-0.05, 0) is 49.7 Å². The molecule has 2 aromatic carbocycles. The zero-order valence-electron chi connectivity index (χ0n) is 15.9. The van der Waals surface area contributed by atoms with Crippen molar-refractivity contribution >= 4 is 23.2 Å². The summed E-state index contributed by atoms with van der Waals surface area (Å²) >= 11 is 0. The number of anilines is 2. The monoisotopic (exact) mass is 379 g/mol. The molecule has 2 amide bonds. The van der Waals surface area contributed by atoms with Crippen molar-refractivity contribution in [2.45, 2.75) is 20.4 Å². The highest BCUT2D eigenvalue weighted by atomic mass is 16.5. The number of aryl methyl sites for hydroxylation is 1. The third-order valence-electron chi connectivity index (χ3n) is 4.26. The average Bonchev–Trinajstić information content (AvgIpc) is 3.04. The Hall–Kier alpha value is -3.68. The van der Waals surface area contributed by atoms with Gasteiger partial charge in [0, 0.05) is 11.4 Å². The fourth-order valence-electron chi connectivity index (χ4n) is 2.62. The number of hydrogen-bond acceptors (Lipinski definition) is 5. The van der Waals surface area contributed by atoms with Crippen LogP contribution in [-0.4, -0.2) is 33.9 Å². The number of methoxy groups -OCH3 is 1. The van der Waals surface area contributed by atoms with Crippen LogP contribution < -0.4 is 15.4 Å². The standard InChI is InChI=1S/C20H21N5O3/c1-13-6-4-5-7-17(13)22-18(26)12-25-14(2)19(23-24-25)20(27)21-15-8-10-16(28-3)11-9-15/h4-11H,12H2,1-3H3,(H,21,27)(H,22,26). The molecule has 0 fully saturated rings. The topological polar surface area (TPSA) is 98.1 Å². The van der Waals surface area contributed by atoms with Crippen LogP contribution >= 0.6 is 0 Å². The molecule has 0 saturated heterocycles. The van der Waals surface area contributed by atoms with Gasteiger partial charge < -0.3 is 15.4 Å². The minimum atomic E-state index is -0.395. The molecule has 8 nitrogen and oxygen atoms in total. The van der Waals surface area contributed by atoms with Crippen molar-refractivity contribution in [3.05, 3.63) is 65.5 Å². The SMILES string of the molecule is COc1ccc(NC(=O)c2nnn(CC(=O)Nc3ccccc3C)c2C)cc1. The van der Waals surface area contributed by atoms with Crippen molar-refractivity contribution in [1.82, 2.24) is 15.0 Å². The number of nitrogens with one attached hydrogen (secondary N) is 2. The minimum Gasteiger partial charge on any atom is -0.497 e. The van der Waals surface area contributed by atoms with E-state index in [4.69, 9.17) is 4.74 Å². The van der Waals surface area contributed by atoms with Gasteiger partial charge in [-0.3, -0.25) is 9.59 Å². The number of ether oxygens (including phenoxy) is 1. The van der Waals surface area contributed by atoms with Crippen LogP contribution in [-0.2, 0) is 11.3 Å². The minimum absolute atomic E-state index is 0.0387. The number of hydrogen-bond donors (Lipinski definition) is 2. The second-order valence-electron chi connectivity index (χ2n) is 6.23. The molecule has 0 atom stereocenters. The van der Waals surface area contributed by atoms with Gasteiger partial charge in [-0.2, -0.15) is 0 Å². The van der Waals surface area contributed by atoms with Crippen molar-refractivity contribution in [2.24, 2.45) is 0 Å². The van der Waals surface area contributed by atoms with E-state index >= 15 is 0 Å². The Morgan fingerprint density at radius 2 is 1.75 bits per heavy atom. The first kappa shape index (κ1) is 19.1. The molecular weight excluding hydrogens is 358 g/mol. The van der Waals surface area contributed by atoms with Crippen molar-refractivity contribution in [3.63, 3.8) is 0 Å². The Labute approximate surface area is 162 Å². The number of carbonyl (C=O) groups excluding carboxylic acids is 2. The van der Waals surface area contributed by atoms with Gasteiger partial charge in [-0.15, -0.1) is 5.10 Å². The Kier molecular flexibility index (Phi) is 5.69. The predicted octanol–water partition coefficient (Wildman–Crippen LogP) is 2.79. The number of para-hydroxylation sites is 1. The van der Waals surface area contributed by atoms with Crippen LogP contribution in [0.1, 0.15) is 21.7 Å². The summed E-state index contributed by atoms with van der Waals surface area (Å²) in [5.41, 5.74) is 2.98. The van der Waals surface area contributed by atoms with Crippen LogP contribution in [0.4, 0.5) is 11.4 Å². The molecule has 0 unspecified atom stereocenters. The first-order valence-electron chi connectivity index (χ1n) is 8.69. The molecular formula is C20H21N5O3. The van der Waals surface area contributed by atoms with Gasteiger partial charge in [-0.25, -0.2) is 4.68 Å². The van der Waals surface area contributed by atoms with E-state index in [9.17, 15) is 9.59 Å². The first-order chi connectivity index (χ1) is 13.5. The fraction of sp³-hybridized carbons (Fsp3) is 0.200. The number of aromatic nitrogens is 3. The summed E-state index contributed by atoms with van der Waals surface area (Å²) in [6, 6.07) is 14.4. The van der Waals surface area contributed by atoms with Crippen molar-refractivity contribution in [2.75, 3.05) is 17.7 Å². The summed E-state index contributed by atoms with van der Waals surface area (Å²) in [5, 5.41) is 13.4. The molecule has 144 valence electrons. The van der Waals surface area contributed by atoms with E-state index in [1.54, 1.807) is 38.3 Å². The molecule has 1 aromatic heterocycles. The molecule has 3 aromatic rings. The molecule has 0 saturated carbocycles. The molecule has 8 heteroatoms. The lowest BCUT2D eigenvalue weighted by molar-refractivity contribution is -0.117. The van der Waals surface area contributed by atoms with Crippen LogP contribution in [0.2, 0.25) is 0 Å². The predicted molar refractivity (Wildman–Crippen MR) is 106 cm³/mol. The molecule has 0 spiro atoms. The summed E-state index contributed by atoms with van der Waals surface area (Å²) in [5.74, 6) is 0.0532. The van der Waals surface area contributed by atoms with Crippen LogP contribution in [0.15, 0.2) is 48.5 Å². The van der Waals surface area contributed by atoms with Gasteiger partial charge in [0.2, 0.25) is 5.91 Å². The molecule has 3 rings (SSSR count). The van der Waals surface area contributed by atoms with E-state index in [0.29, 0.717) is 17.1 Å². The lowest BCUT2D eigenvalue weighted by Crippen LogP contribution is -2.21. The van der Waals surface area contributed by atoms with Gasteiger partial charge >= 0.3 is 0 Å². The van der Waals surface area contributed by atoms with E-state index in [2.05, 4.69) is 20.9 Å². The summed E-state index contributed by atoms with van der Waals surface area (Å²) in [7, 11) is 1.57. The maximum Gasteiger partial charge on any atom is 0.278 e. The van der Waals surface area contributed by atoms with Crippen LogP contribution in [0.3, 0.4) is 0 Å². The molecule has 28 heavy (non-hydrogen) atoms. The highest BCUT2D eigenvalue weighted by molar-refractivity contribution is 6.03. The maximum absolute atomic E-state index is 12.5. The summed E-state index contributed by atoms with van der Waals surface area (Å²) in [6.45, 7) is 3.57. The third-order valence-corrected chi connectivity index (χ3v) is 4.26. The van der Waals surface area contributed by atoms with E-state index in [-0.39, 0.29) is 18.1 Å². The van der Waals surface area contributed by atoms with Crippen LogP contribution in [0, 0.1) is 13.8 Å². The van der Waals surface area contributed by atoms with Gasteiger partial charge in [0.05, 0.1) is 12.8 Å². The Morgan fingerprint density at radius 3 is 2.43 bits per heavy atom. The first-order valence-corrected chi connectivity index (χ1v) is 8.69. The molecule has 0 aliphatic heterocycles. The second-order valence-corrected chi connectivity index (χ2v) is 6.23. The molecule has 2 N–H and O–H groups in total. The summed E-state index contributed by atoms with van der Waals surface area (Å²) < 4.78 is 6.49. The zero-order chi connectivity index (χ0) is 20.1. The molecule has 0 aliphatic carbocycles. The van der Waals surface area contributed by atoms with Gasteiger partial charge in [0.1, 0.15) is 12.3 Å². The van der Waals surface area contributed by atoms with Crippen molar-refractivity contribution in [1.29, 1.82) is 0 Å². The molecule has 0 bridgehead atoms. The largest absolute Gasteiger partial charge is 0.497 e. The van der Waals surface area contributed by atoms with E-state index in [1.165, 1.54) is 4.68 Å². The number of benzene rings is 2. The van der Waals surface area contributed by atoms with Gasteiger partial charge in [0.25, 0.3) is 5.91 Å². The number of carbonyl (C=O) groups is 2. The molecule has 0 radical (unpaired) electrons. The lowest BCUT2D eigenvalue weighted by atomic mass is 10.2. The number of amides is 2.